The van der Waals surface area contributed by atoms with Gasteiger partial charge in [0.1, 0.15) is 12.2 Å². The molecule has 1 aliphatic heterocycles. The molecule has 3 heterocycles. The van der Waals surface area contributed by atoms with Gasteiger partial charge in [0.25, 0.3) is 5.91 Å². The molecule has 0 spiro atoms. The lowest BCUT2D eigenvalue weighted by atomic mass is 9.98. The molecular formula is C29H21Br2N5O. The van der Waals surface area contributed by atoms with Crippen LogP contribution < -0.4 is 0 Å². The van der Waals surface area contributed by atoms with Gasteiger partial charge >= 0.3 is 0 Å². The van der Waals surface area contributed by atoms with Crippen LogP contribution in [0, 0.1) is 0 Å². The summed E-state index contributed by atoms with van der Waals surface area (Å²) in [5, 5.41) is 6.49. The molecule has 8 heteroatoms. The molecule has 0 saturated heterocycles. The second-order valence-electron chi connectivity index (χ2n) is 8.79. The van der Waals surface area contributed by atoms with Crippen LogP contribution in [0.2, 0.25) is 0 Å². The maximum atomic E-state index is 14.0. The van der Waals surface area contributed by atoms with Crippen LogP contribution in [-0.2, 0) is 11.3 Å². The van der Waals surface area contributed by atoms with Gasteiger partial charge in [0.05, 0.1) is 22.8 Å². The predicted molar refractivity (Wildman–Crippen MR) is 152 cm³/mol. The molecule has 0 saturated carbocycles. The van der Waals surface area contributed by atoms with E-state index in [-0.39, 0.29) is 18.5 Å². The topological polar surface area (TPSA) is 63.4 Å². The fraction of sp³-hybridized carbons (Fsp3) is 0.103. The predicted octanol–water partition coefficient (Wildman–Crippen LogP) is 7.00. The minimum absolute atomic E-state index is 0.0938. The van der Waals surface area contributed by atoms with Gasteiger partial charge in [-0.1, -0.05) is 74.3 Å². The van der Waals surface area contributed by atoms with Crippen LogP contribution in [0.1, 0.15) is 23.6 Å². The number of benzene rings is 3. The minimum atomic E-state index is -0.202. The maximum absolute atomic E-state index is 14.0. The fourth-order valence-electron chi connectivity index (χ4n) is 4.64. The van der Waals surface area contributed by atoms with E-state index in [0.717, 1.165) is 42.5 Å². The average Bonchev–Trinajstić information content (AvgIpc) is 3.53. The summed E-state index contributed by atoms with van der Waals surface area (Å²) in [6.45, 7) is 0.0938. The number of hydrogen-bond acceptors (Lipinski definition) is 4. The van der Waals surface area contributed by atoms with E-state index in [0.29, 0.717) is 12.2 Å². The number of pyridine rings is 1. The molecule has 1 aliphatic rings. The largest absolute Gasteiger partial charge is 0.313 e. The van der Waals surface area contributed by atoms with Gasteiger partial charge in [-0.2, -0.15) is 5.10 Å². The number of aromatic nitrogens is 3. The number of hydrogen-bond donors (Lipinski definition) is 0. The zero-order valence-corrected chi connectivity index (χ0v) is 22.8. The van der Waals surface area contributed by atoms with E-state index in [1.165, 1.54) is 0 Å². The molecule has 0 radical (unpaired) electrons. The molecule has 0 bridgehead atoms. The van der Waals surface area contributed by atoms with E-state index < -0.39 is 0 Å². The third kappa shape index (κ3) is 4.74. The van der Waals surface area contributed by atoms with E-state index in [1.807, 2.05) is 95.6 Å². The van der Waals surface area contributed by atoms with E-state index in [2.05, 4.69) is 36.8 Å². The van der Waals surface area contributed by atoms with Crippen LogP contribution >= 0.6 is 31.9 Å². The first kappa shape index (κ1) is 23.8. The highest BCUT2D eigenvalue weighted by Crippen LogP contribution is 2.34. The quantitative estimate of drug-likeness (QED) is 0.214. The summed E-state index contributed by atoms with van der Waals surface area (Å²) in [5.41, 5.74) is 5.34. The first-order valence-electron chi connectivity index (χ1n) is 11.8. The van der Waals surface area contributed by atoms with Gasteiger partial charge in [-0.15, -0.1) is 0 Å². The van der Waals surface area contributed by atoms with Crippen molar-refractivity contribution >= 4 is 54.5 Å². The summed E-state index contributed by atoms with van der Waals surface area (Å²) in [5.74, 6) is 0.548. The van der Waals surface area contributed by atoms with E-state index in [1.54, 1.807) is 11.2 Å². The Kier molecular flexibility index (Phi) is 6.44. The molecule has 0 fully saturated rings. The highest BCUT2D eigenvalue weighted by Gasteiger charge is 2.33. The molecule has 1 amide bonds. The number of carbonyl (C=O) groups is 1. The molecule has 3 aromatic carbocycles. The Bertz CT molecular complexity index is 1610. The highest BCUT2D eigenvalue weighted by molar-refractivity contribution is 9.10. The molecular weight excluding hydrogens is 594 g/mol. The summed E-state index contributed by atoms with van der Waals surface area (Å²) in [4.78, 5) is 23.3. The third-order valence-electron chi connectivity index (χ3n) is 6.44. The maximum Gasteiger partial charge on any atom is 0.263 e. The molecule has 2 aromatic heterocycles. The molecule has 6 nitrogen and oxygen atoms in total. The molecule has 1 atom stereocenters. The standard InChI is InChI=1S/C29H21Br2N5O/c30-21-12-8-19(9-13-21)25-17-27(20-10-14-22(31)15-11-20)36(34-25)28(37)18-35-26-7-2-1-5-23(26)33-29(35)24-6-3-4-16-32-24/h1-16,27H,17-18H2. The van der Waals surface area contributed by atoms with Crippen LogP contribution in [0.5, 0.6) is 0 Å². The van der Waals surface area contributed by atoms with Crippen molar-refractivity contribution in [1.29, 1.82) is 0 Å². The number of nitrogens with zero attached hydrogens (tertiary/aromatic N) is 5. The van der Waals surface area contributed by atoms with Gasteiger partial charge in [-0.25, -0.2) is 9.99 Å². The molecule has 1 unspecified atom stereocenters. The summed E-state index contributed by atoms with van der Waals surface area (Å²) in [7, 11) is 0. The van der Waals surface area contributed by atoms with E-state index >= 15 is 0 Å². The Labute approximate surface area is 230 Å². The normalized spacial score (nSPS) is 15.2. The monoisotopic (exact) mass is 613 g/mol. The summed E-state index contributed by atoms with van der Waals surface area (Å²) < 4.78 is 3.93. The van der Waals surface area contributed by atoms with Crippen LogP contribution in [0.15, 0.2) is 111 Å². The summed E-state index contributed by atoms with van der Waals surface area (Å²) in [6, 6.07) is 29.5. The van der Waals surface area contributed by atoms with Gasteiger partial charge in [-0.05, 0) is 59.7 Å². The SMILES string of the molecule is O=C(Cn1c(-c2ccccn2)nc2ccccc21)N1N=C(c2ccc(Br)cc2)CC1c1ccc(Br)cc1. The summed E-state index contributed by atoms with van der Waals surface area (Å²) in [6.07, 6.45) is 2.37. The Hall–Kier alpha value is -3.62. The highest BCUT2D eigenvalue weighted by atomic mass is 79.9. The lowest BCUT2D eigenvalue weighted by Crippen LogP contribution is -2.30. The van der Waals surface area contributed by atoms with Crippen molar-refractivity contribution in [2.24, 2.45) is 5.10 Å². The zero-order chi connectivity index (χ0) is 25.4. The third-order valence-corrected chi connectivity index (χ3v) is 7.50. The second-order valence-corrected chi connectivity index (χ2v) is 10.6. The number of amides is 1. The molecule has 182 valence electrons. The van der Waals surface area contributed by atoms with Crippen molar-refractivity contribution < 1.29 is 4.79 Å². The average molecular weight is 615 g/mol. The minimum Gasteiger partial charge on any atom is -0.313 e. The first-order valence-corrected chi connectivity index (χ1v) is 13.4. The van der Waals surface area contributed by atoms with Crippen molar-refractivity contribution in [3.05, 3.63) is 117 Å². The number of carbonyl (C=O) groups excluding carboxylic acids is 1. The number of imidazole rings is 1. The zero-order valence-electron chi connectivity index (χ0n) is 19.6. The van der Waals surface area contributed by atoms with Crippen molar-refractivity contribution in [2.45, 2.75) is 19.0 Å². The van der Waals surface area contributed by atoms with E-state index in [9.17, 15) is 4.79 Å². The van der Waals surface area contributed by atoms with Crippen LogP contribution in [0.25, 0.3) is 22.6 Å². The van der Waals surface area contributed by atoms with Crippen molar-refractivity contribution in [2.75, 3.05) is 0 Å². The van der Waals surface area contributed by atoms with Gasteiger partial charge in [0.15, 0.2) is 5.82 Å². The van der Waals surface area contributed by atoms with Crippen LogP contribution in [-0.4, -0.2) is 31.2 Å². The van der Waals surface area contributed by atoms with Crippen LogP contribution in [0.3, 0.4) is 0 Å². The summed E-state index contributed by atoms with van der Waals surface area (Å²) >= 11 is 7.02. The number of rotatable bonds is 5. The van der Waals surface area contributed by atoms with Crippen molar-refractivity contribution in [3.63, 3.8) is 0 Å². The number of hydrazone groups is 1. The van der Waals surface area contributed by atoms with Crippen molar-refractivity contribution in [1.82, 2.24) is 19.5 Å². The number of halogens is 2. The fourth-order valence-corrected chi connectivity index (χ4v) is 5.16. The first-order chi connectivity index (χ1) is 18.1. The molecule has 0 aliphatic carbocycles. The Balaban J connectivity index is 1.40. The molecule has 0 N–H and O–H groups in total. The smallest absolute Gasteiger partial charge is 0.263 e. The van der Waals surface area contributed by atoms with Gasteiger partial charge < -0.3 is 4.57 Å². The lowest BCUT2D eigenvalue weighted by molar-refractivity contribution is -0.133. The van der Waals surface area contributed by atoms with Gasteiger partial charge in [0.2, 0.25) is 0 Å². The number of fused-ring (bicyclic) bond motifs is 1. The second kappa shape index (κ2) is 10.0. The molecule has 5 aromatic rings. The van der Waals surface area contributed by atoms with Gasteiger partial charge in [0, 0.05) is 21.6 Å². The van der Waals surface area contributed by atoms with E-state index in [4.69, 9.17) is 10.1 Å². The Morgan fingerprint density at radius 1 is 0.865 bits per heavy atom. The molecule has 37 heavy (non-hydrogen) atoms. The Morgan fingerprint density at radius 3 is 2.30 bits per heavy atom. The Morgan fingerprint density at radius 2 is 1.57 bits per heavy atom. The van der Waals surface area contributed by atoms with Crippen LogP contribution in [0.4, 0.5) is 0 Å². The van der Waals surface area contributed by atoms with Gasteiger partial charge in [-0.3, -0.25) is 9.78 Å². The van der Waals surface area contributed by atoms with Crippen molar-refractivity contribution in [3.8, 4) is 11.5 Å². The molecule has 6 rings (SSSR count). The lowest BCUT2D eigenvalue weighted by Gasteiger charge is -2.23. The number of para-hydroxylation sites is 2.